The van der Waals surface area contributed by atoms with Crippen LogP contribution in [0.1, 0.15) is 29.3 Å². The number of rotatable bonds is 4. The maximum absolute atomic E-state index is 12.6. The minimum absolute atomic E-state index is 0.128. The minimum atomic E-state index is -0.818. The van der Waals surface area contributed by atoms with Crippen molar-refractivity contribution in [2.24, 2.45) is 0 Å². The van der Waals surface area contributed by atoms with Gasteiger partial charge in [0.25, 0.3) is 5.91 Å². The Morgan fingerprint density at radius 1 is 1.32 bits per heavy atom. The number of hydrogen-bond donors (Lipinski definition) is 1. The Labute approximate surface area is 129 Å². The van der Waals surface area contributed by atoms with Gasteiger partial charge in [0.05, 0.1) is 13.0 Å². The van der Waals surface area contributed by atoms with E-state index in [9.17, 15) is 14.4 Å². The van der Waals surface area contributed by atoms with E-state index in [0.717, 1.165) is 5.56 Å². The van der Waals surface area contributed by atoms with Crippen molar-refractivity contribution >= 4 is 17.8 Å². The largest absolute Gasteiger partial charge is 0.466 e. The summed E-state index contributed by atoms with van der Waals surface area (Å²) in [7, 11) is 0. The monoisotopic (exact) mass is 304 g/mol. The molecule has 1 aromatic carbocycles. The van der Waals surface area contributed by atoms with Crippen molar-refractivity contribution < 1.29 is 19.1 Å². The molecule has 1 aromatic rings. The Hall–Kier alpha value is -2.37. The summed E-state index contributed by atoms with van der Waals surface area (Å²) in [5.74, 6) is -1.05. The second-order valence-electron chi connectivity index (χ2n) is 5.18. The van der Waals surface area contributed by atoms with E-state index in [2.05, 4.69) is 5.32 Å². The van der Waals surface area contributed by atoms with Crippen LogP contribution in [0.2, 0.25) is 0 Å². The molecule has 1 heterocycles. The normalized spacial score (nSPS) is 17.8. The number of aryl methyl sites for hydroxylation is 1. The number of nitrogens with zero attached hydrogens (tertiary/aromatic N) is 1. The number of benzene rings is 1. The van der Waals surface area contributed by atoms with E-state index >= 15 is 0 Å². The van der Waals surface area contributed by atoms with E-state index in [0.29, 0.717) is 18.7 Å². The molecule has 0 spiro atoms. The van der Waals surface area contributed by atoms with Crippen molar-refractivity contribution in [2.45, 2.75) is 26.3 Å². The molecule has 0 aromatic heterocycles. The van der Waals surface area contributed by atoms with E-state index in [4.69, 9.17) is 4.74 Å². The third-order valence-electron chi connectivity index (χ3n) is 3.56. The van der Waals surface area contributed by atoms with Gasteiger partial charge in [-0.2, -0.15) is 0 Å². The highest BCUT2D eigenvalue weighted by Crippen LogP contribution is 2.15. The van der Waals surface area contributed by atoms with Crippen LogP contribution in [-0.2, 0) is 14.3 Å². The van der Waals surface area contributed by atoms with Gasteiger partial charge in [-0.25, -0.2) is 0 Å². The first-order chi connectivity index (χ1) is 10.5. The molecule has 0 unspecified atom stereocenters. The van der Waals surface area contributed by atoms with E-state index in [1.807, 2.05) is 19.1 Å². The van der Waals surface area contributed by atoms with Crippen LogP contribution in [0.5, 0.6) is 0 Å². The second-order valence-corrected chi connectivity index (χ2v) is 5.18. The van der Waals surface area contributed by atoms with Crippen LogP contribution < -0.4 is 5.32 Å². The van der Waals surface area contributed by atoms with Crippen LogP contribution in [-0.4, -0.2) is 48.4 Å². The Morgan fingerprint density at radius 2 is 2.00 bits per heavy atom. The average Bonchev–Trinajstić information content (AvgIpc) is 2.49. The van der Waals surface area contributed by atoms with Gasteiger partial charge < -0.3 is 15.0 Å². The summed E-state index contributed by atoms with van der Waals surface area (Å²) in [4.78, 5) is 37.7. The standard InChI is InChI=1S/C16H20N2O4/c1-3-22-14(19)10-13-15(20)17-8-9-18(13)16(21)12-6-4-11(2)5-7-12/h4-7,13H,3,8-10H2,1-2H3,(H,17,20)/t13-/m1/s1. The maximum Gasteiger partial charge on any atom is 0.308 e. The molecule has 1 aliphatic heterocycles. The van der Waals surface area contributed by atoms with Crippen LogP contribution in [0.4, 0.5) is 0 Å². The number of ether oxygens (including phenoxy) is 1. The Morgan fingerprint density at radius 3 is 2.64 bits per heavy atom. The van der Waals surface area contributed by atoms with Crippen LogP contribution >= 0.6 is 0 Å². The lowest BCUT2D eigenvalue weighted by Crippen LogP contribution is -2.57. The smallest absolute Gasteiger partial charge is 0.308 e. The predicted molar refractivity (Wildman–Crippen MR) is 80.3 cm³/mol. The fraction of sp³-hybridized carbons (Fsp3) is 0.438. The van der Waals surface area contributed by atoms with Crippen molar-refractivity contribution in [2.75, 3.05) is 19.7 Å². The quantitative estimate of drug-likeness (QED) is 0.838. The highest BCUT2D eigenvalue weighted by atomic mass is 16.5. The van der Waals surface area contributed by atoms with Crippen LogP contribution in [0, 0.1) is 6.92 Å². The molecule has 118 valence electrons. The predicted octanol–water partition coefficient (Wildman–Crippen LogP) is 0.889. The molecule has 2 amide bonds. The molecule has 0 bridgehead atoms. The first-order valence-corrected chi connectivity index (χ1v) is 7.34. The number of carbonyl (C=O) groups excluding carboxylic acids is 3. The average molecular weight is 304 g/mol. The molecule has 22 heavy (non-hydrogen) atoms. The minimum Gasteiger partial charge on any atom is -0.466 e. The number of nitrogens with one attached hydrogen (secondary N) is 1. The van der Waals surface area contributed by atoms with Crippen LogP contribution in [0.15, 0.2) is 24.3 Å². The van der Waals surface area contributed by atoms with Gasteiger partial charge in [0.2, 0.25) is 5.91 Å². The van der Waals surface area contributed by atoms with E-state index in [1.54, 1.807) is 19.1 Å². The molecule has 0 aliphatic carbocycles. The Balaban J connectivity index is 2.17. The molecule has 1 aliphatic rings. The molecule has 1 fully saturated rings. The zero-order valence-corrected chi connectivity index (χ0v) is 12.8. The summed E-state index contributed by atoms with van der Waals surface area (Å²) in [5.41, 5.74) is 1.56. The molecule has 6 nitrogen and oxygen atoms in total. The summed E-state index contributed by atoms with van der Waals surface area (Å²) < 4.78 is 4.89. The number of hydrogen-bond acceptors (Lipinski definition) is 4. The lowest BCUT2D eigenvalue weighted by Gasteiger charge is -2.34. The first kappa shape index (κ1) is 16.0. The number of esters is 1. The maximum atomic E-state index is 12.6. The Bertz CT molecular complexity index is 568. The van der Waals surface area contributed by atoms with Gasteiger partial charge in [-0.1, -0.05) is 17.7 Å². The SMILES string of the molecule is CCOC(=O)C[C@@H]1C(=O)NCCN1C(=O)c1ccc(C)cc1. The van der Waals surface area contributed by atoms with Gasteiger partial charge in [-0.15, -0.1) is 0 Å². The topological polar surface area (TPSA) is 75.7 Å². The van der Waals surface area contributed by atoms with Gasteiger partial charge in [0.1, 0.15) is 6.04 Å². The molecule has 1 saturated heterocycles. The fourth-order valence-corrected chi connectivity index (χ4v) is 2.40. The van der Waals surface area contributed by atoms with Crippen LogP contribution in [0.25, 0.3) is 0 Å². The van der Waals surface area contributed by atoms with Crippen molar-refractivity contribution in [1.29, 1.82) is 0 Å². The summed E-state index contributed by atoms with van der Waals surface area (Å²) in [6.07, 6.45) is -0.128. The van der Waals surface area contributed by atoms with Gasteiger partial charge in [0.15, 0.2) is 0 Å². The highest BCUT2D eigenvalue weighted by molar-refractivity contribution is 5.99. The zero-order chi connectivity index (χ0) is 16.1. The lowest BCUT2D eigenvalue weighted by molar-refractivity contribution is -0.147. The van der Waals surface area contributed by atoms with Crippen molar-refractivity contribution in [3.8, 4) is 0 Å². The molecule has 2 rings (SSSR count). The fourth-order valence-electron chi connectivity index (χ4n) is 2.40. The molecule has 1 N–H and O–H groups in total. The second kappa shape index (κ2) is 7.06. The molecule has 0 radical (unpaired) electrons. The van der Waals surface area contributed by atoms with Crippen LogP contribution in [0.3, 0.4) is 0 Å². The van der Waals surface area contributed by atoms with E-state index < -0.39 is 12.0 Å². The van der Waals surface area contributed by atoms with Gasteiger partial charge in [-0.3, -0.25) is 14.4 Å². The van der Waals surface area contributed by atoms with E-state index in [1.165, 1.54) is 4.90 Å². The summed E-state index contributed by atoms with van der Waals surface area (Å²) in [6.45, 7) is 4.65. The summed E-state index contributed by atoms with van der Waals surface area (Å²) >= 11 is 0. The summed E-state index contributed by atoms with van der Waals surface area (Å²) in [5, 5.41) is 2.68. The van der Waals surface area contributed by atoms with Gasteiger partial charge in [0, 0.05) is 18.7 Å². The zero-order valence-electron chi connectivity index (χ0n) is 12.8. The van der Waals surface area contributed by atoms with Crippen molar-refractivity contribution in [3.05, 3.63) is 35.4 Å². The number of carbonyl (C=O) groups is 3. The molecule has 1 atom stereocenters. The third-order valence-corrected chi connectivity index (χ3v) is 3.56. The summed E-state index contributed by atoms with van der Waals surface area (Å²) in [6, 6.07) is 6.33. The van der Waals surface area contributed by atoms with Gasteiger partial charge in [-0.05, 0) is 26.0 Å². The molecule has 6 heteroatoms. The molecular weight excluding hydrogens is 284 g/mol. The van der Waals surface area contributed by atoms with Crippen molar-refractivity contribution in [3.63, 3.8) is 0 Å². The van der Waals surface area contributed by atoms with Crippen molar-refractivity contribution in [1.82, 2.24) is 10.2 Å². The lowest BCUT2D eigenvalue weighted by atomic mass is 10.1. The Kier molecular flexibility index (Phi) is 5.14. The molecule has 0 saturated carbocycles. The molecular formula is C16H20N2O4. The van der Waals surface area contributed by atoms with Gasteiger partial charge >= 0.3 is 5.97 Å². The first-order valence-electron chi connectivity index (χ1n) is 7.34. The number of amides is 2. The third kappa shape index (κ3) is 3.63. The van der Waals surface area contributed by atoms with E-state index in [-0.39, 0.29) is 24.8 Å². The highest BCUT2D eigenvalue weighted by Gasteiger charge is 2.35. The number of piperazine rings is 1.